The van der Waals surface area contributed by atoms with Crippen molar-refractivity contribution in [1.82, 2.24) is 5.32 Å². The van der Waals surface area contributed by atoms with Gasteiger partial charge >= 0.3 is 5.97 Å². The molecule has 0 bridgehead atoms. The molecule has 2 atom stereocenters. The number of methoxy groups -OCH3 is 1. The van der Waals surface area contributed by atoms with Gasteiger partial charge in [0.2, 0.25) is 5.91 Å². The maximum absolute atomic E-state index is 12.1. The quantitative estimate of drug-likeness (QED) is 0.814. The first-order valence-electron chi connectivity index (χ1n) is 6.70. The van der Waals surface area contributed by atoms with E-state index in [2.05, 4.69) is 5.32 Å². The first-order valence-corrected chi connectivity index (χ1v) is 7.45. The Morgan fingerprint density at radius 3 is 2.52 bits per heavy atom. The molecule has 4 nitrogen and oxygen atoms in total. The van der Waals surface area contributed by atoms with Crippen molar-refractivity contribution in [3.05, 3.63) is 33.8 Å². The topological polar surface area (TPSA) is 55.4 Å². The molecule has 1 N–H and O–H groups in total. The van der Waals surface area contributed by atoms with E-state index in [9.17, 15) is 9.59 Å². The van der Waals surface area contributed by atoms with Crippen LogP contribution in [0.5, 0.6) is 0 Å². The highest BCUT2D eigenvalue weighted by atomic mass is 35.5. The molecule has 0 aromatic heterocycles. The Bertz CT molecular complexity index is 520. The van der Waals surface area contributed by atoms with Crippen LogP contribution in [0.25, 0.3) is 0 Å². The molecular formula is C15H19Cl2NO3. The lowest BCUT2D eigenvalue weighted by molar-refractivity contribution is -0.146. The molecule has 0 heterocycles. The fraction of sp³-hybridized carbons (Fsp3) is 0.467. The standard InChI is InChI=1S/C15H19Cl2NO3/c1-4-9(2)14(15(20)21-3)18-13(19)7-10-5-6-11(16)8-12(10)17/h5-6,8-9,14H,4,7H2,1-3H3,(H,18,19). The number of halogens is 2. The van der Waals surface area contributed by atoms with Crippen LogP contribution in [-0.4, -0.2) is 25.0 Å². The lowest BCUT2D eigenvalue weighted by atomic mass is 9.99. The van der Waals surface area contributed by atoms with E-state index in [0.717, 1.165) is 6.42 Å². The minimum absolute atomic E-state index is 0.0120. The average molecular weight is 332 g/mol. The number of nitrogens with one attached hydrogen (secondary N) is 1. The van der Waals surface area contributed by atoms with E-state index in [0.29, 0.717) is 15.6 Å². The number of hydrogen-bond acceptors (Lipinski definition) is 3. The van der Waals surface area contributed by atoms with Crippen LogP contribution < -0.4 is 5.32 Å². The van der Waals surface area contributed by atoms with Crippen molar-refractivity contribution in [3.8, 4) is 0 Å². The van der Waals surface area contributed by atoms with Gasteiger partial charge in [-0.2, -0.15) is 0 Å². The van der Waals surface area contributed by atoms with E-state index >= 15 is 0 Å². The van der Waals surface area contributed by atoms with Crippen molar-refractivity contribution in [3.63, 3.8) is 0 Å². The molecule has 6 heteroatoms. The van der Waals surface area contributed by atoms with E-state index in [-0.39, 0.29) is 18.2 Å². The number of amides is 1. The van der Waals surface area contributed by atoms with E-state index in [4.69, 9.17) is 27.9 Å². The number of carbonyl (C=O) groups is 2. The van der Waals surface area contributed by atoms with Gasteiger partial charge in [-0.05, 0) is 23.6 Å². The number of carbonyl (C=O) groups excluding carboxylic acids is 2. The predicted molar refractivity (Wildman–Crippen MR) is 83.6 cm³/mol. The summed E-state index contributed by atoms with van der Waals surface area (Å²) in [5.41, 5.74) is 0.659. The molecule has 0 aliphatic rings. The van der Waals surface area contributed by atoms with Gasteiger partial charge in [-0.1, -0.05) is 49.5 Å². The number of benzene rings is 1. The Morgan fingerprint density at radius 1 is 1.33 bits per heavy atom. The maximum atomic E-state index is 12.1. The molecule has 116 valence electrons. The van der Waals surface area contributed by atoms with Gasteiger partial charge in [0.15, 0.2) is 0 Å². The lowest BCUT2D eigenvalue weighted by Crippen LogP contribution is -2.46. The highest BCUT2D eigenvalue weighted by Gasteiger charge is 2.26. The summed E-state index contributed by atoms with van der Waals surface area (Å²) >= 11 is 11.8. The van der Waals surface area contributed by atoms with Gasteiger partial charge in [0.25, 0.3) is 0 Å². The molecule has 0 aliphatic heterocycles. The third-order valence-electron chi connectivity index (χ3n) is 3.35. The minimum atomic E-state index is -0.654. The number of rotatable bonds is 6. The van der Waals surface area contributed by atoms with Crippen LogP contribution in [0.3, 0.4) is 0 Å². The number of ether oxygens (including phenoxy) is 1. The second-order valence-corrected chi connectivity index (χ2v) is 5.71. The van der Waals surface area contributed by atoms with Gasteiger partial charge < -0.3 is 10.1 Å². The SMILES string of the molecule is CCC(C)C(NC(=O)Cc1ccc(Cl)cc1Cl)C(=O)OC. The Kier molecular flexibility index (Phi) is 6.99. The maximum Gasteiger partial charge on any atom is 0.328 e. The monoisotopic (exact) mass is 331 g/mol. The Morgan fingerprint density at radius 2 is 2.00 bits per heavy atom. The van der Waals surface area contributed by atoms with Crippen LogP contribution in [0.1, 0.15) is 25.8 Å². The Hall–Kier alpha value is -1.26. The number of hydrogen-bond donors (Lipinski definition) is 1. The molecule has 1 aromatic rings. The smallest absolute Gasteiger partial charge is 0.328 e. The summed E-state index contributed by atoms with van der Waals surface area (Å²) in [5.74, 6) is -0.739. The zero-order chi connectivity index (χ0) is 16.0. The van der Waals surface area contributed by atoms with Crippen LogP contribution in [-0.2, 0) is 20.7 Å². The zero-order valence-corrected chi connectivity index (χ0v) is 13.8. The van der Waals surface area contributed by atoms with Gasteiger partial charge in [0.05, 0.1) is 13.5 Å². The second kappa shape index (κ2) is 8.25. The Balaban J connectivity index is 2.76. The molecule has 0 saturated heterocycles. The van der Waals surface area contributed by atoms with Crippen molar-refractivity contribution in [2.75, 3.05) is 7.11 Å². The summed E-state index contributed by atoms with van der Waals surface area (Å²) in [6, 6.07) is 4.29. The van der Waals surface area contributed by atoms with E-state index in [1.165, 1.54) is 7.11 Å². The molecule has 0 radical (unpaired) electrons. The molecule has 1 rings (SSSR count). The fourth-order valence-corrected chi connectivity index (χ4v) is 2.33. The van der Waals surface area contributed by atoms with Gasteiger partial charge in [-0.15, -0.1) is 0 Å². The number of esters is 1. The molecule has 0 saturated carbocycles. The van der Waals surface area contributed by atoms with Crippen molar-refractivity contribution < 1.29 is 14.3 Å². The van der Waals surface area contributed by atoms with Crippen molar-refractivity contribution in [2.24, 2.45) is 5.92 Å². The molecule has 0 fully saturated rings. The van der Waals surface area contributed by atoms with Crippen LogP contribution in [0.15, 0.2) is 18.2 Å². The normalized spacial score (nSPS) is 13.4. The highest BCUT2D eigenvalue weighted by Crippen LogP contribution is 2.21. The molecule has 0 spiro atoms. The summed E-state index contributed by atoms with van der Waals surface area (Å²) in [6.07, 6.45) is 0.835. The first kappa shape index (κ1) is 17.8. The predicted octanol–water partition coefficient (Wildman–Crippen LogP) is 3.24. The van der Waals surface area contributed by atoms with Gasteiger partial charge in [0.1, 0.15) is 6.04 Å². The van der Waals surface area contributed by atoms with Gasteiger partial charge in [-0.25, -0.2) is 4.79 Å². The molecule has 1 aromatic carbocycles. The van der Waals surface area contributed by atoms with Gasteiger partial charge in [0, 0.05) is 10.0 Å². The summed E-state index contributed by atoms with van der Waals surface area (Å²) in [4.78, 5) is 23.8. The van der Waals surface area contributed by atoms with Crippen molar-refractivity contribution in [1.29, 1.82) is 0 Å². The summed E-state index contributed by atoms with van der Waals surface area (Å²) in [5, 5.41) is 3.64. The average Bonchev–Trinajstić information content (AvgIpc) is 2.46. The largest absolute Gasteiger partial charge is 0.467 e. The second-order valence-electron chi connectivity index (χ2n) is 4.87. The van der Waals surface area contributed by atoms with Crippen LogP contribution in [0.4, 0.5) is 0 Å². The first-order chi connectivity index (χ1) is 9.88. The van der Waals surface area contributed by atoms with Crippen molar-refractivity contribution >= 4 is 35.1 Å². The minimum Gasteiger partial charge on any atom is -0.467 e. The van der Waals surface area contributed by atoms with E-state index < -0.39 is 12.0 Å². The van der Waals surface area contributed by atoms with E-state index in [1.54, 1.807) is 18.2 Å². The summed E-state index contributed by atoms with van der Waals surface area (Å²) in [6.45, 7) is 3.83. The third kappa shape index (κ3) is 5.21. The van der Waals surface area contributed by atoms with Crippen molar-refractivity contribution in [2.45, 2.75) is 32.7 Å². The van der Waals surface area contributed by atoms with Crippen LogP contribution >= 0.6 is 23.2 Å². The van der Waals surface area contributed by atoms with E-state index in [1.807, 2.05) is 13.8 Å². The van der Waals surface area contributed by atoms with Crippen LogP contribution in [0, 0.1) is 5.92 Å². The summed E-state index contributed by atoms with van der Waals surface area (Å²) < 4.78 is 4.73. The molecular weight excluding hydrogens is 313 g/mol. The third-order valence-corrected chi connectivity index (χ3v) is 3.94. The molecule has 0 aliphatic carbocycles. The zero-order valence-electron chi connectivity index (χ0n) is 12.3. The lowest BCUT2D eigenvalue weighted by Gasteiger charge is -2.22. The Labute approximate surface area is 134 Å². The highest BCUT2D eigenvalue weighted by molar-refractivity contribution is 6.35. The van der Waals surface area contributed by atoms with Gasteiger partial charge in [-0.3, -0.25) is 4.79 Å². The fourth-order valence-electron chi connectivity index (χ4n) is 1.86. The summed E-state index contributed by atoms with van der Waals surface area (Å²) in [7, 11) is 1.31. The van der Waals surface area contributed by atoms with Crippen LogP contribution in [0.2, 0.25) is 10.0 Å². The molecule has 2 unspecified atom stereocenters. The molecule has 1 amide bonds. The molecule has 21 heavy (non-hydrogen) atoms.